The molecule has 1 aliphatic rings. The van der Waals surface area contributed by atoms with Crippen LogP contribution in [0.15, 0.2) is 60.1 Å². The van der Waals surface area contributed by atoms with Gasteiger partial charge in [0.2, 0.25) is 0 Å². The van der Waals surface area contributed by atoms with Gasteiger partial charge in [-0.3, -0.25) is 0 Å². The van der Waals surface area contributed by atoms with Crippen LogP contribution >= 0.6 is 11.3 Å². The minimum absolute atomic E-state index is 0.0837. The van der Waals surface area contributed by atoms with Crippen LogP contribution in [0.4, 0.5) is 4.79 Å². The van der Waals surface area contributed by atoms with Crippen LogP contribution in [0.1, 0.15) is 55.3 Å². The fourth-order valence-corrected chi connectivity index (χ4v) is 5.46. The molecule has 3 aromatic rings. The van der Waals surface area contributed by atoms with Crippen LogP contribution in [0.2, 0.25) is 0 Å². The molecular weight excluding hydrogens is 460 g/mol. The number of likely N-dealkylation sites (tertiary alicyclic amines) is 1. The quantitative estimate of drug-likeness (QED) is 0.465. The molecule has 1 saturated heterocycles. The van der Waals surface area contributed by atoms with Gasteiger partial charge in [-0.15, -0.1) is 11.3 Å². The molecule has 0 aliphatic carbocycles. The summed E-state index contributed by atoms with van der Waals surface area (Å²) in [5.74, 6) is 0.816. The number of ether oxygens (including phenoxy) is 2. The number of nitrogens with zero attached hydrogens (tertiary/aromatic N) is 2. The highest BCUT2D eigenvalue weighted by Crippen LogP contribution is 2.47. The molecule has 1 amide bonds. The van der Waals surface area contributed by atoms with E-state index in [1.807, 2.05) is 62.7 Å². The first-order chi connectivity index (χ1) is 16.8. The Labute approximate surface area is 211 Å². The number of amides is 1. The third-order valence-corrected chi connectivity index (χ3v) is 7.28. The molecule has 0 bridgehead atoms. The van der Waals surface area contributed by atoms with Crippen molar-refractivity contribution in [1.82, 2.24) is 9.88 Å². The lowest BCUT2D eigenvalue weighted by molar-refractivity contribution is 0.0179. The molecule has 0 radical (unpaired) electrons. The van der Waals surface area contributed by atoms with Crippen molar-refractivity contribution in [2.24, 2.45) is 0 Å². The van der Waals surface area contributed by atoms with E-state index in [4.69, 9.17) is 14.5 Å². The Morgan fingerprint density at radius 3 is 2.49 bits per heavy atom. The van der Waals surface area contributed by atoms with Crippen molar-refractivity contribution >= 4 is 17.4 Å². The number of aliphatic hydroxyl groups is 1. The zero-order valence-corrected chi connectivity index (χ0v) is 21.5. The number of benzene rings is 2. The fraction of sp³-hybridized carbons (Fsp3) is 0.429. The maximum atomic E-state index is 12.8. The van der Waals surface area contributed by atoms with Crippen LogP contribution in [-0.2, 0) is 23.2 Å². The van der Waals surface area contributed by atoms with Gasteiger partial charge < -0.3 is 19.5 Å². The first-order valence-electron chi connectivity index (χ1n) is 12.1. The summed E-state index contributed by atoms with van der Waals surface area (Å²) in [5.41, 5.74) is 2.31. The minimum atomic E-state index is -0.530. The van der Waals surface area contributed by atoms with E-state index in [9.17, 15) is 9.90 Å². The molecule has 35 heavy (non-hydrogen) atoms. The fourth-order valence-electron chi connectivity index (χ4n) is 4.55. The van der Waals surface area contributed by atoms with Gasteiger partial charge in [0.1, 0.15) is 23.0 Å². The summed E-state index contributed by atoms with van der Waals surface area (Å²) in [6, 6.07) is 16.3. The molecule has 2 aromatic carbocycles. The van der Waals surface area contributed by atoms with E-state index in [1.165, 1.54) is 0 Å². The summed E-state index contributed by atoms with van der Waals surface area (Å²) < 4.78 is 12.0. The first kappa shape index (κ1) is 25.2. The van der Waals surface area contributed by atoms with Crippen molar-refractivity contribution in [1.29, 1.82) is 0 Å². The number of hydrogen-bond donors (Lipinski definition) is 1. The third kappa shape index (κ3) is 6.03. The second kappa shape index (κ2) is 10.8. The largest absolute Gasteiger partial charge is 0.489 e. The van der Waals surface area contributed by atoms with Gasteiger partial charge in [0.25, 0.3) is 0 Å². The monoisotopic (exact) mass is 494 g/mol. The highest BCUT2D eigenvalue weighted by Gasteiger charge is 2.43. The molecular formula is C28H34N2O4S. The highest BCUT2D eigenvalue weighted by molar-refractivity contribution is 7.09. The van der Waals surface area contributed by atoms with Crippen molar-refractivity contribution in [2.75, 3.05) is 19.7 Å². The van der Waals surface area contributed by atoms with E-state index >= 15 is 0 Å². The van der Waals surface area contributed by atoms with Crippen molar-refractivity contribution in [3.63, 3.8) is 0 Å². The molecule has 1 aliphatic heterocycles. The Kier molecular flexibility index (Phi) is 7.77. The predicted molar refractivity (Wildman–Crippen MR) is 138 cm³/mol. The van der Waals surface area contributed by atoms with E-state index < -0.39 is 5.60 Å². The molecule has 0 unspecified atom stereocenters. The summed E-state index contributed by atoms with van der Waals surface area (Å²) >= 11 is 1.63. The average Bonchev–Trinajstić information content (AvgIpc) is 3.39. The lowest BCUT2D eigenvalue weighted by Gasteiger charge is -2.42. The predicted octanol–water partition coefficient (Wildman–Crippen LogP) is 5.57. The number of thiazole rings is 1. The number of carbonyl (C=O) groups excluding carboxylic acids is 1. The molecule has 0 spiro atoms. The van der Waals surface area contributed by atoms with Crippen LogP contribution < -0.4 is 4.74 Å². The van der Waals surface area contributed by atoms with Gasteiger partial charge in [0, 0.05) is 36.8 Å². The molecule has 1 N–H and O–H groups in total. The molecule has 0 saturated carbocycles. The van der Waals surface area contributed by atoms with Crippen molar-refractivity contribution in [3.8, 4) is 5.75 Å². The van der Waals surface area contributed by atoms with Gasteiger partial charge >= 0.3 is 6.09 Å². The van der Waals surface area contributed by atoms with Crippen LogP contribution in [-0.4, -0.2) is 46.4 Å². The summed E-state index contributed by atoms with van der Waals surface area (Å²) in [6.07, 6.45) is 3.56. The maximum Gasteiger partial charge on any atom is 0.410 e. The Balaban J connectivity index is 1.67. The van der Waals surface area contributed by atoms with Crippen LogP contribution in [0.25, 0.3) is 0 Å². The lowest BCUT2D eigenvalue weighted by Crippen LogP contribution is -2.47. The normalized spacial score (nSPS) is 15.6. The van der Waals surface area contributed by atoms with E-state index in [0.29, 0.717) is 39.0 Å². The number of carbonyl (C=O) groups is 1. The zero-order valence-electron chi connectivity index (χ0n) is 20.7. The average molecular weight is 495 g/mol. The molecule has 6 nitrogen and oxygen atoms in total. The summed E-state index contributed by atoms with van der Waals surface area (Å²) in [4.78, 5) is 19.3. The summed E-state index contributed by atoms with van der Waals surface area (Å²) in [7, 11) is 0. The minimum Gasteiger partial charge on any atom is -0.489 e. The molecule has 1 fully saturated rings. The standard InChI is InChI=1S/C28H34N2O4S/c1-27(2,3)34-26(32)30-15-12-28(13-16-30,25-29-14-18-35-25)23-19-21(11-17-31)9-10-24(23)33-20-22-7-5-4-6-8-22/h4-10,14,18-19,31H,11-13,15-17,20H2,1-3H3. The van der Waals surface area contributed by atoms with Crippen LogP contribution in [0.3, 0.4) is 0 Å². The Morgan fingerprint density at radius 2 is 1.86 bits per heavy atom. The maximum absolute atomic E-state index is 12.8. The molecule has 2 heterocycles. The van der Waals surface area contributed by atoms with E-state index in [1.54, 1.807) is 16.2 Å². The van der Waals surface area contributed by atoms with E-state index in [0.717, 1.165) is 27.4 Å². The molecule has 7 heteroatoms. The van der Waals surface area contributed by atoms with Crippen molar-refractivity contribution in [3.05, 3.63) is 81.8 Å². The van der Waals surface area contributed by atoms with Gasteiger partial charge in [0.05, 0.1) is 5.41 Å². The van der Waals surface area contributed by atoms with Crippen LogP contribution in [0, 0.1) is 0 Å². The number of hydrogen-bond acceptors (Lipinski definition) is 6. The molecule has 1 aromatic heterocycles. The number of rotatable bonds is 7. The van der Waals surface area contributed by atoms with E-state index in [-0.39, 0.29) is 18.1 Å². The van der Waals surface area contributed by atoms with Gasteiger partial charge in [-0.25, -0.2) is 9.78 Å². The Hall–Kier alpha value is -2.90. The number of aromatic nitrogens is 1. The van der Waals surface area contributed by atoms with Gasteiger partial charge in [0.15, 0.2) is 0 Å². The van der Waals surface area contributed by atoms with Crippen molar-refractivity contribution in [2.45, 2.75) is 57.7 Å². The Bertz CT molecular complexity index is 1100. The van der Waals surface area contributed by atoms with Gasteiger partial charge in [-0.2, -0.15) is 0 Å². The summed E-state index contributed by atoms with van der Waals surface area (Å²) in [6.45, 7) is 7.34. The highest BCUT2D eigenvalue weighted by atomic mass is 32.1. The van der Waals surface area contributed by atoms with Crippen LogP contribution in [0.5, 0.6) is 5.75 Å². The van der Waals surface area contributed by atoms with E-state index in [2.05, 4.69) is 18.2 Å². The van der Waals surface area contributed by atoms with Gasteiger partial charge in [-0.1, -0.05) is 42.5 Å². The van der Waals surface area contributed by atoms with Crippen molar-refractivity contribution < 1.29 is 19.4 Å². The number of aliphatic hydroxyl groups excluding tert-OH is 1. The molecule has 0 atom stereocenters. The SMILES string of the molecule is CC(C)(C)OC(=O)N1CCC(c2nccs2)(c2cc(CCO)ccc2OCc2ccccc2)CC1. The second-order valence-corrected chi connectivity index (χ2v) is 10.9. The lowest BCUT2D eigenvalue weighted by atomic mass is 9.72. The smallest absolute Gasteiger partial charge is 0.410 e. The zero-order chi connectivity index (χ0) is 24.9. The Morgan fingerprint density at radius 1 is 1.11 bits per heavy atom. The molecule has 4 rings (SSSR count). The number of piperidine rings is 1. The topological polar surface area (TPSA) is 71.9 Å². The second-order valence-electron chi connectivity index (χ2n) is 9.97. The third-order valence-electron chi connectivity index (χ3n) is 6.31. The van der Waals surface area contributed by atoms with Gasteiger partial charge in [-0.05, 0) is 57.2 Å². The first-order valence-corrected chi connectivity index (χ1v) is 13.0. The summed E-state index contributed by atoms with van der Waals surface area (Å²) in [5, 5.41) is 12.6. The molecule has 186 valence electrons.